The van der Waals surface area contributed by atoms with E-state index in [4.69, 9.17) is 19.7 Å². The molecule has 5 rings (SSSR count). The Morgan fingerprint density at radius 3 is 2.63 bits per heavy atom. The Morgan fingerprint density at radius 2 is 1.90 bits per heavy atom. The zero-order chi connectivity index (χ0) is 29.2. The van der Waals surface area contributed by atoms with Crippen molar-refractivity contribution in [1.29, 1.82) is 0 Å². The van der Waals surface area contributed by atoms with Crippen molar-refractivity contribution in [2.24, 2.45) is 15.8 Å². The Labute approximate surface area is 239 Å². The summed E-state index contributed by atoms with van der Waals surface area (Å²) in [6.45, 7) is 14.2. The Morgan fingerprint density at radius 1 is 1.12 bits per heavy atom. The van der Waals surface area contributed by atoms with E-state index in [2.05, 4.69) is 46.3 Å². The molecule has 11 heteroatoms. The van der Waals surface area contributed by atoms with Crippen LogP contribution in [0.4, 0.5) is 5.69 Å². The van der Waals surface area contributed by atoms with E-state index in [0.29, 0.717) is 40.9 Å². The monoisotopic (exact) mass is 559 g/mol. The summed E-state index contributed by atoms with van der Waals surface area (Å²) in [4.78, 5) is 21.3. The number of aromatic nitrogens is 3. The number of fused-ring (bicyclic) bond motifs is 2. The molecule has 216 valence electrons. The van der Waals surface area contributed by atoms with Crippen molar-refractivity contribution in [2.75, 3.05) is 20.3 Å². The third-order valence-electron chi connectivity index (χ3n) is 8.22. The molecule has 4 N–H and O–H groups in total. The molecular weight excluding hydrogens is 522 g/mol. The van der Waals surface area contributed by atoms with Gasteiger partial charge in [-0.15, -0.1) is 0 Å². The highest BCUT2D eigenvalue weighted by atomic mass is 16.5. The van der Waals surface area contributed by atoms with Gasteiger partial charge in [-0.05, 0) is 61.8 Å². The summed E-state index contributed by atoms with van der Waals surface area (Å²) in [7, 11) is 1.46. The first-order valence-corrected chi connectivity index (χ1v) is 13.7. The van der Waals surface area contributed by atoms with Crippen LogP contribution in [0.3, 0.4) is 0 Å². The molecule has 3 aromatic rings. The lowest BCUT2D eigenvalue weighted by Crippen LogP contribution is -2.41. The Balaban J connectivity index is 1.26. The van der Waals surface area contributed by atoms with Crippen LogP contribution in [0.2, 0.25) is 0 Å². The number of carbonyl (C=O) groups excluding carboxylic acids is 1. The van der Waals surface area contributed by atoms with Gasteiger partial charge in [-0.25, -0.2) is 14.5 Å². The van der Waals surface area contributed by atoms with Crippen LogP contribution in [-0.4, -0.2) is 51.9 Å². The van der Waals surface area contributed by atoms with Crippen LogP contribution in [0.1, 0.15) is 56.5 Å². The van der Waals surface area contributed by atoms with Crippen LogP contribution < -0.4 is 20.9 Å². The molecule has 1 aliphatic heterocycles. The van der Waals surface area contributed by atoms with Gasteiger partial charge in [-0.1, -0.05) is 26.1 Å². The molecule has 1 aromatic carbocycles. The van der Waals surface area contributed by atoms with Crippen LogP contribution in [-0.2, 0) is 16.1 Å². The quantitative estimate of drug-likeness (QED) is 0.225. The first-order chi connectivity index (χ1) is 19.6. The average Bonchev–Trinajstić information content (AvgIpc) is 3.48. The SMILES string of the molecule is C=C(NCc1ccc2c(c1)N=C(NO)CO2)c1cc(C(=C)NCC2(C)CCC(C)(C(=O)OC)CC2)n2nccc2n1. The number of nitrogens with zero attached hydrogens (tertiary/aromatic N) is 4. The summed E-state index contributed by atoms with van der Waals surface area (Å²) in [6.07, 6.45) is 5.12. The fourth-order valence-corrected chi connectivity index (χ4v) is 5.29. The van der Waals surface area contributed by atoms with Crippen LogP contribution in [0.5, 0.6) is 5.75 Å². The van der Waals surface area contributed by atoms with E-state index in [9.17, 15) is 4.79 Å². The number of ether oxygens (including phenoxy) is 2. The number of amidine groups is 1. The van der Waals surface area contributed by atoms with Gasteiger partial charge in [-0.3, -0.25) is 15.5 Å². The Bertz CT molecular complexity index is 1520. The van der Waals surface area contributed by atoms with Crippen molar-refractivity contribution in [1.82, 2.24) is 30.7 Å². The van der Waals surface area contributed by atoms with E-state index in [1.54, 1.807) is 10.7 Å². The van der Waals surface area contributed by atoms with Crippen LogP contribution in [0.15, 0.2) is 54.7 Å². The first-order valence-electron chi connectivity index (χ1n) is 13.7. The number of esters is 1. The second-order valence-electron chi connectivity index (χ2n) is 11.4. The zero-order valence-electron chi connectivity index (χ0n) is 23.8. The topological polar surface area (TPSA) is 134 Å². The minimum atomic E-state index is -0.417. The molecule has 3 heterocycles. The van der Waals surface area contributed by atoms with Crippen molar-refractivity contribution in [3.8, 4) is 5.75 Å². The minimum Gasteiger partial charge on any atom is -0.483 e. The molecule has 0 spiro atoms. The van der Waals surface area contributed by atoms with E-state index in [1.165, 1.54) is 7.11 Å². The highest BCUT2D eigenvalue weighted by molar-refractivity contribution is 5.87. The summed E-state index contributed by atoms with van der Waals surface area (Å²) in [5.74, 6) is 0.886. The Hall–Kier alpha value is -4.38. The van der Waals surface area contributed by atoms with Crippen LogP contribution >= 0.6 is 0 Å². The molecule has 0 atom stereocenters. The number of nitrogens with one attached hydrogen (secondary N) is 3. The number of methoxy groups -OCH3 is 1. The maximum Gasteiger partial charge on any atom is 0.311 e. The second kappa shape index (κ2) is 11.2. The van der Waals surface area contributed by atoms with E-state index in [1.807, 2.05) is 37.3 Å². The van der Waals surface area contributed by atoms with Crippen molar-refractivity contribution < 1.29 is 19.5 Å². The zero-order valence-corrected chi connectivity index (χ0v) is 23.8. The number of benzene rings is 1. The third kappa shape index (κ3) is 5.90. The highest BCUT2D eigenvalue weighted by Crippen LogP contribution is 2.45. The molecule has 1 saturated carbocycles. The molecule has 2 aromatic heterocycles. The average molecular weight is 560 g/mol. The van der Waals surface area contributed by atoms with Gasteiger partial charge in [0.1, 0.15) is 18.0 Å². The molecule has 0 saturated heterocycles. The summed E-state index contributed by atoms with van der Waals surface area (Å²) in [6, 6.07) is 9.48. The number of rotatable bonds is 9. The molecule has 1 aliphatic carbocycles. The predicted molar refractivity (Wildman–Crippen MR) is 157 cm³/mol. The second-order valence-corrected chi connectivity index (χ2v) is 11.4. The van der Waals surface area contributed by atoms with Crippen molar-refractivity contribution in [3.05, 3.63) is 66.6 Å². The molecule has 1 fully saturated rings. The maximum absolute atomic E-state index is 12.2. The van der Waals surface area contributed by atoms with E-state index in [-0.39, 0.29) is 18.0 Å². The van der Waals surface area contributed by atoms with Gasteiger partial charge in [0.15, 0.2) is 11.5 Å². The maximum atomic E-state index is 12.2. The molecular formula is C30H37N7O4. The lowest BCUT2D eigenvalue weighted by molar-refractivity contribution is -0.155. The summed E-state index contributed by atoms with van der Waals surface area (Å²) in [5.41, 5.74) is 6.82. The molecule has 0 amide bonds. The largest absolute Gasteiger partial charge is 0.483 e. The first kappa shape index (κ1) is 28.2. The van der Waals surface area contributed by atoms with Crippen LogP contribution in [0, 0.1) is 10.8 Å². The third-order valence-corrected chi connectivity index (χ3v) is 8.22. The summed E-state index contributed by atoms with van der Waals surface area (Å²) >= 11 is 0. The molecule has 41 heavy (non-hydrogen) atoms. The van der Waals surface area contributed by atoms with Gasteiger partial charge in [0.05, 0.1) is 41.5 Å². The molecule has 2 aliphatic rings. The highest BCUT2D eigenvalue weighted by Gasteiger charge is 2.42. The molecule has 11 nitrogen and oxygen atoms in total. The normalized spacial score (nSPS) is 21.7. The smallest absolute Gasteiger partial charge is 0.311 e. The van der Waals surface area contributed by atoms with Gasteiger partial charge in [-0.2, -0.15) is 5.10 Å². The van der Waals surface area contributed by atoms with Gasteiger partial charge in [0, 0.05) is 19.2 Å². The Kier molecular flexibility index (Phi) is 7.72. The molecule has 0 radical (unpaired) electrons. The lowest BCUT2D eigenvalue weighted by atomic mass is 9.65. The van der Waals surface area contributed by atoms with E-state index >= 15 is 0 Å². The minimum absolute atomic E-state index is 0.0265. The number of hydroxylamine groups is 1. The van der Waals surface area contributed by atoms with Crippen LogP contribution in [0.25, 0.3) is 17.0 Å². The standard InChI is InChI=1S/C30H37N7O4/c1-19(31-16-21-6-7-25-23(14-21)34-26(36-39)17-41-25)22-15-24(37-27(35-22)8-13-33-37)20(2)32-18-29(3)9-11-30(4,12-10-29)28(38)40-5/h6-8,13-15,31-32,39H,1-2,9-12,16-18H2,3-5H3,(H,34,36). The molecule has 0 bridgehead atoms. The predicted octanol–water partition coefficient (Wildman–Crippen LogP) is 4.21. The fraction of sp³-hybridized carbons (Fsp3) is 0.400. The van der Waals surface area contributed by atoms with Gasteiger partial charge in [0.2, 0.25) is 0 Å². The van der Waals surface area contributed by atoms with Gasteiger partial charge in [0.25, 0.3) is 0 Å². The van der Waals surface area contributed by atoms with Gasteiger partial charge < -0.3 is 20.1 Å². The molecule has 0 unspecified atom stereocenters. The van der Waals surface area contributed by atoms with Crippen molar-refractivity contribution in [3.63, 3.8) is 0 Å². The summed E-state index contributed by atoms with van der Waals surface area (Å²) < 4.78 is 12.4. The number of carbonyl (C=O) groups is 1. The fourth-order valence-electron chi connectivity index (χ4n) is 5.29. The lowest BCUT2D eigenvalue weighted by Gasteiger charge is -2.41. The van der Waals surface area contributed by atoms with Crippen molar-refractivity contribution in [2.45, 2.75) is 46.1 Å². The number of hydrogen-bond acceptors (Lipinski definition) is 10. The van der Waals surface area contributed by atoms with Gasteiger partial charge >= 0.3 is 5.97 Å². The van der Waals surface area contributed by atoms with E-state index < -0.39 is 5.41 Å². The summed E-state index contributed by atoms with van der Waals surface area (Å²) in [5, 5.41) is 20.5. The van der Waals surface area contributed by atoms with Crippen molar-refractivity contribution >= 4 is 34.5 Å². The van der Waals surface area contributed by atoms with E-state index in [0.717, 1.165) is 49.2 Å². The number of aliphatic imine (C=N–C) groups is 1. The number of hydrogen-bond donors (Lipinski definition) is 4.